The molecule has 0 unspecified atom stereocenters. The standard InChI is InChI=1S/C18H17ClN4O3/c1-11(24)23(15-9-20-22(2)17(15)18(25)26-3)10-12-4-5-13-6-7-16(19)21-14(13)8-12/h4-9H,10H2,1-3H3. The lowest BCUT2D eigenvalue weighted by Crippen LogP contribution is -2.29. The van der Waals surface area contributed by atoms with Gasteiger partial charge in [-0.15, -0.1) is 0 Å². The highest BCUT2D eigenvalue weighted by Crippen LogP contribution is 2.24. The van der Waals surface area contributed by atoms with Crippen molar-refractivity contribution in [3.63, 3.8) is 0 Å². The Bertz CT molecular complexity index is 999. The number of hydrogen-bond acceptors (Lipinski definition) is 5. The van der Waals surface area contributed by atoms with E-state index < -0.39 is 5.97 Å². The van der Waals surface area contributed by atoms with Crippen LogP contribution >= 0.6 is 11.6 Å². The highest BCUT2D eigenvalue weighted by molar-refractivity contribution is 6.29. The molecule has 0 saturated heterocycles. The second-order valence-corrected chi connectivity index (χ2v) is 6.15. The minimum Gasteiger partial charge on any atom is -0.464 e. The summed E-state index contributed by atoms with van der Waals surface area (Å²) in [7, 11) is 2.91. The molecular weight excluding hydrogens is 356 g/mol. The number of carbonyl (C=O) groups excluding carboxylic acids is 2. The van der Waals surface area contributed by atoms with Crippen LogP contribution in [-0.4, -0.2) is 33.8 Å². The molecule has 1 aromatic carbocycles. The Labute approximate surface area is 155 Å². The van der Waals surface area contributed by atoms with Crippen molar-refractivity contribution in [3.8, 4) is 0 Å². The number of hydrogen-bond donors (Lipinski definition) is 0. The molecule has 0 aliphatic carbocycles. The number of benzene rings is 1. The molecule has 0 bridgehead atoms. The molecule has 3 rings (SSSR count). The number of amides is 1. The minimum absolute atomic E-state index is 0.213. The van der Waals surface area contributed by atoms with Crippen LogP contribution in [0.1, 0.15) is 23.0 Å². The van der Waals surface area contributed by atoms with E-state index in [1.54, 1.807) is 13.1 Å². The van der Waals surface area contributed by atoms with Crippen LogP contribution in [0.3, 0.4) is 0 Å². The second kappa shape index (κ2) is 7.13. The van der Waals surface area contributed by atoms with Gasteiger partial charge in [0.05, 0.1) is 31.1 Å². The summed E-state index contributed by atoms with van der Waals surface area (Å²) >= 11 is 5.96. The van der Waals surface area contributed by atoms with Crippen LogP contribution in [0, 0.1) is 0 Å². The lowest BCUT2D eigenvalue weighted by molar-refractivity contribution is -0.116. The maximum Gasteiger partial charge on any atom is 0.358 e. The number of carbonyl (C=O) groups is 2. The first-order chi connectivity index (χ1) is 12.4. The maximum atomic E-state index is 12.2. The van der Waals surface area contributed by atoms with Crippen LogP contribution < -0.4 is 4.90 Å². The Morgan fingerprint density at radius 2 is 2.00 bits per heavy atom. The Morgan fingerprint density at radius 1 is 1.27 bits per heavy atom. The van der Waals surface area contributed by atoms with E-state index in [-0.39, 0.29) is 18.1 Å². The number of rotatable bonds is 4. The number of anilines is 1. The van der Waals surface area contributed by atoms with Gasteiger partial charge in [0.1, 0.15) is 5.15 Å². The zero-order valence-electron chi connectivity index (χ0n) is 14.6. The lowest BCUT2D eigenvalue weighted by Gasteiger charge is -2.21. The fourth-order valence-electron chi connectivity index (χ4n) is 2.74. The third kappa shape index (κ3) is 3.39. The highest BCUT2D eigenvalue weighted by Gasteiger charge is 2.24. The van der Waals surface area contributed by atoms with E-state index in [1.165, 1.54) is 29.8 Å². The van der Waals surface area contributed by atoms with Crippen LogP contribution in [0.5, 0.6) is 0 Å². The Hall–Kier alpha value is -2.93. The van der Waals surface area contributed by atoms with Gasteiger partial charge >= 0.3 is 5.97 Å². The number of ether oxygens (including phenoxy) is 1. The molecule has 0 fully saturated rings. The number of pyridine rings is 1. The molecule has 2 heterocycles. The molecule has 134 valence electrons. The quantitative estimate of drug-likeness (QED) is 0.519. The Balaban J connectivity index is 2.00. The summed E-state index contributed by atoms with van der Waals surface area (Å²) in [6.45, 7) is 1.69. The van der Waals surface area contributed by atoms with Crippen molar-refractivity contribution in [2.75, 3.05) is 12.0 Å². The van der Waals surface area contributed by atoms with Crippen LogP contribution in [0.25, 0.3) is 10.9 Å². The lowest BCUT2D eigenvalue weighted by atomic mass is 10.1. The van der Waals surface area contributed by atoms with Crippen molar-refractivity contribution in [3.05, 3.63) is 52.9 Å². The van der Waals surface area contributed by atoms with E-state index in [2.05, 4.69) is 10.1 Å². The van der Waals surface area contributed by atoms with E-state index in [1.807, 2.05) is 24.3 Å². The van der Waals surface area contributed by atoms with Crippen molar-refractivity contribution in [1.82, 2.24) is 14.8 Å². The summed E-state index contributed by atoms with van der Waals surface area (Å²) in [4.78, 5) is 30.1. The monoisotopic (exact) mass is 372 g/mol. The largest absolute Gasteiger partial charge is 0.464 e. The highest BCUT2D eigenvalue weighted by atomic mass is 35.5. The van der Waals surface area contributed by atoms with E-state index in [0.717, 1.165) is 16.5 Å². The third-order valence-corrected chi connectivity index (χ3v) is 4.24. The van der Waals surface area contributed by atoms with E-state index in [4.69, 9.17) is 16.3 Å². The van der Waals surface area contributed by atoms with Crippen LogP contribution in [0.4, 0.5) is 5.69 Å². The second-order valence-electron chi connectivity index (χ2n) is 5.76. The summed E-state index contributed by atoms with van der Waals surface area (Å²) in [5.74, 6) is -0.777. The average molecular weight is 373 g/mol. The molecule has 0 radical (unpaired) electrons. The first-order valence-electron chi connectivity index (χ1n) is 7.84. The number of fused-ring (bicyclic) bond motifs is 1. The number of aromatic nitrogens is 3. The molecule has 0 aliphatic rings. The number of esters is 1. The zero-order valence-corrected chi connectivity index (χ0v) is 15.3. The Kier molecular flexibility index (Phi) is 4.90. The molecular formula is C18H17ClN4O3. The maximum absolute atomic E-state index is 12.2. The van der Waals surface area contributed by atoms with Gasteiger partial charge in [-0.1, -0.05) is 23.7 Å². The van der Waals surface area contributed by atoms with E-state index in [9.17, 15) is 9.59 Å². The normalized spacial score (nSPS) is 10.8. The van der Waals surface area contributed by atoms with E-state index in [0.29, 0.717) is 10.8 Å². The summed E-state index contributed by atoms with van der Waals surface area (Å²) in [6.07, 6.45) is 1.48. The van der Waals surface area contributed by atoms with Gasteiger partial charge < -0.3 is 9.64 Å². The van der Waals surface area contributed by atoms with Gasteiger partial charge in [0, 0.05) is 19.4 Å². The van der Waals surface area contributed by atoms with Crippen molar-refractivity contribution >= 4 is 40.1 Å². The molecule has 7 nitrogen and oxygen atoms in total. The van der Waals surface area contributed by atoms with Crippen molar-refractivity contribution < 1.29 is 14.3 Å². The first-order valence-corrected chi connectivity index (χ1v) is 8.22. The zero-order chi connectivity index (χ0) is 18.8. The molecule has 26 heavy (non-hydrogen) atoms. The average Bonchev–Trinajstić information content (AvgIpc) is 2.99. The summed E-state index contributed by atoms with van der Waals surface area (Å²) in [5, 5.41) is 5.43. The predicted molar refractivity (Wildman–Crippen MR) is 98.2 cm³/mol. The summed E-state index contributed by atoms with van der Waals surface area (Å²) in [6, 6.07) is 9.29. The van der Waals surface area contributed by atoms with Crippen LogP contribution in [0.2, 0.25) is 5.15 Å². The smallest absolute Gasteiger partial charge is 0.358 e. The van der Waals surface area contributed by atoms with Crippen LogP contribution in [0.15, 0.2) is 36.5 Å². The van der Waals surface area contributed by atoms with Gasteiger partial charge in [-0.05, 0) is 23.8 Å². The first kappa shape index (κ1) is 17.9. The van der Waals surface area contributed by atoms with Gasteiger partial charge in [0.15, 0.2) is 5.69 Å². The van der Waals surface area contributed by atoms with Crippen molar-refractivity contribution in [2.45, 2.75) is 13.5 Å². The molecule has 2 aromatic heterocycles. The molecule has 0 atom stereocenters. The summed E-state index contributed by atoms with van der Waals surface area (Å²) < 4.78 is 6.19. The minimum atomic E-state index is -0.557. The molecule has 0 aliphatic heterocycles. The molecule has 3 aromatic rings. The topological polar surface area (TPSA) is 77.3 Å². The van der Waals surface area contributed by atoms with Gasteiger partial charge in [-0.25, -0.2) is 9.78 Å². The number of nitrogens with zero attached hydrogens (tertiary/aromatic N) is 4. The molecule has 0 N–H and O–H groups in total. The van der Waals surface area contributed by atoms with Gasteiger partial charge in [-0.2, -0.15) is 5.10 Å². The molecule has 0 spiro atoms. The fourth-order valence-corrected chi connectivity index (χ4v) is 2.90. The SMILES string of the molecule is COC(=O)c1c(N(Cc2ccc3ccc(Cl)nc3c2)C(C)=O)cnn1C. The number of halogens is 1. The van der Waals surface area contributed by atoms with Crippen molar-refractivity contribution in [2.24, 2.45) is 7.05 Å². The summed E-state index contributed by atoms with van der Waals surface area (Å²) in [5.41, 5.74) is 2.19. The predicted octanol–water partition coefficient (Wildman–Crippen LogP) is 2.96. The number of methoxy groups -OCH3 is 1. The third-order valence-electron chi connectivity index (χ3n) is 4.03. The number of aryl methyl sites for hydroxylation is 1. The van der Waals surface area contributed by atoms with Crippen molar-refractivity contribution in [1.29, 1.82) is 0 Å². The Morgan fingerprint density at radius 3 is 2.69 bits per heavy atom. The molecule has 8 heteroatoms. The van der Waals surface area contributed by atoms with Gasteiger partial charge in [0.25, 0.3) is 0 Å². The van der Waals surface area contributed by atoms with Gasteiger partial charge in [-0.3, -0.25) is 9.48 Å². The fraction of sp³-hybridized carbons (Fsp3) is 0.222. The molecule has 0 saturated carbocycles. The molecule has 1 amide bonds. The van der Waals surface area contributed by atoms with Gasteiger partial charge in [0.2, 0.25) is 5.91 Å². The van der Waals surface area contributed by atoms with Crippen LogP contribution in [-0.2, 0) is 23.1 Å². The van der Waals surface area contributed by atoms with E-state index >= 15 is 0 Å².